The molecule has 0 fully saturated rings. The fraction of sp³-hybridized carbons (Fsp3) is 0.125. The molecular formula is C16H16N4. The van der Waals surface area contributed by atoms with Crippen molar-refractivity contribution >= 4 is 0 Å². The predicted octanol–water partition coefficient (Wildman–Crippen LogP) is 2.45. The average Bonchev–Trinajstić information content (AvgIpc) is 2.96. The van der Waals surface area contributed by atoms with Gasteiger partial charge in [-0.2, -0.15) is 0 Å². The first-order valence-corrected chi connectivity index (χ1v) is 6.57. The summed E-state index contributed by atoms with van der Waals surface area (Å²) in [6.45, 7) is 1.32. The number of hydrogen-bond acceptors (Lipinski definition) is 3. The zero-order valence-electron chi connectivity index (χ0n) is 11.1. The van der Waals surface area contributed by atoms with E-state index in [0.29, 0.717) is 6.54 Å². The lowest BCUT2D eigenvalue weighted by Crippen LogP contribution is -2.03. The summed E-state index contributed by atoms with van der Waals surface area (Å²) in [7, 11) is 0. The highest BCUT2D eigenvalue weighted by Crippen LogP contribution is 2.16. The maximum atomic E-state index is 5.68. The summed E-state index contributed by atoms with van der Waals surface area (Å²) in [4.78, 5) is 8.75. The van der Waals surface area contributed by atoms with E-state index >= 15 is 0 Å². The second-order valence-electron chi connectivity index (χ2n) is 4.62. The third kappa shape index (κ3) is 2.60. The Morgan fingerprint density at radius 1 is 0.950 bits per heavy atom. The lowest BCUT2D eigenvalue weighted by Gasteiger charge is -2.08. The molecule has 2 aromatic heterocycles. The van der Waals surface area contributed by atoms with Gasteiger partial charge in [-0.15, -0.1) is 0 Å². The first kappa shape index (κ1) is 12.6. The molecule has 2 N–H and O–H groups in total. The van der Waals surface area contributed by atoms with Gasteiger partial charge in [0, 0.05) is 31.7 Å². The Kier molecular flexibility index (Phi) is 3.56. The van der Waals surface area contributed by atoms with Gasteiger partial charge in [-0.05, 0) is 23.3 Å². The molecule has 0 radical (unpaired) electrons. The predicted molar refractivity (Wildman–Crippen MR) is 78.9 cm³/mol. The van der Waals surface area contributed by atoms with Crippen LogP contribution in [0.2, 0.25) is 0 Å². The molecule has 3 rings (SSSR count). The minimum absolute atomic E-state index is 0.560. The minimum atomic E-state index is 0.560. The molecule has 20 heavy (non-hydrogen) atoms. The molecule has 0 unspecified atom stereocenters. The third-order valence-corrected chi connectivity index (χ3v) is 3.19. The van der Waals surface area contributed by atoms with Gasteiger partial charge in [0.15, 0.2) is 5.82 Å². The van der Waals surface area contributed by atoms with E-state index in [-0.39, 0.29) is 0 Å². The lowest BCUT2D eigenvalue weighted by atomic mass is 10.1. The normalized spacial score (nSPS) is 10.7. The van der Waals surface area contributed by atoms with E-state index in [4.69, 9.17) is 5.73 Å². The summed E-state index contributed by atoms with van der Waals surface area (Å²) in [5.41, 5.74) is 8.92. The van der Waals surface area contributed by atoms with Crippen molar-refractivity contribution in [3.63, 3.8) is 0 Å². The number of pyridine rings is 1. The van der Waals surface area contributed by atoms with Gasteiger partial charge in [0.25, 0.3) is 0 Å². The quantitative estimate of drug-likeness (QED) is 0.787. The van der Waals surface area contributed by atoms with Crippen molar-refractivity contribution in [1.82, 2.24) is 14.5 Å². The fourth-order valence-electron chi connectivity index (χ4n) is 2.22. The summed E-state index contributed by atoms with van der Waals surface area (Å²) >= 11 is 0. The highest BCUT2D eigenvalue weighted by atomic mass is 15.1. The Morgan fingerprint density at radius 3 is 2.65 bits per heavy atom. The van der Waals surface area contributed by atoms with Gasteiger partial charge in [0.05, 0.1) is 0 Å². The second-order valence-corrected chi connectivity index (χ2v) is 4.62. The van der Waals surface area contributed by atoms with Crippen molar-refractivity contribution in [3.8, 4) is 11.5 Å². The highest BCUT2D eigenvalue weighted by Gasteiger charge is 2.07. The van der Waals surface area contributed by atoms with E-state index in [1.807, 2.05) is 36.5 Å². The third-order valence-electron chi connectivity index (χ3n) is 3.19. The summed E-state index contributed by atoms with van der Waals surface area (Å²) < 4.78 is 2.10. The van der Waals surface area contributed by atoms with E-state index in [0.717, 1.165) is 23.6 Å². The highest BCUT2D eigenvalue weighted by molar-refractivity contribution is 5.49. The smallest absolute Gasteiger partial charge is 0.158 e. The first-order chi connectivity index (χ1) is 9.86. The molecule has 0 saturated heterocycles. The molecule has 4 nitrogen and oxygen atoms in total. The van der Waals surface area contributed by atoms with Gasteiger partial charge < -0.3 is 10.3 Å². The number of rotatable bonds is 4. The van der Waals surface area contributed by atoms with Crippen LogP contribution >= 0.6 is 0 Å². The average molecular weight is 264 g/mol. The molecule has 4 heteroatoms. The number of imidazole rings is 1. The second kappa shape index (κ2) is 5.67. The van der Waals surface area contributed by atoms with Gasteiger partial charge in [-0.25, -0.2) is 4.98 Å². The molecule has 0 aliphatic rings. The molecule has 0 atom stereocenters. The molecule has 0 bridgehead atoms. The van der Waals surface area contributed by atoms with E-state index in [1.165, 1.54) is 5.56 Å². The molecule has 0 saturated carbocycles. The summed E-state index contributed by atoms with van der Waals surface area (Å²) in [6, 6.07) is 14.1. The van der Waals surface area contributed by atoms with Crippen LogP contribution in [-0.2, 0) is 13.1 Å². The Balaban J connectivity index is 1.90. The standard InChI is InChI=1S/C16H16N4/c17-11-13-4-3-5-14(10-13)12-20-9-8-19-16(20)15-6-1-2-7-18-15/h1-10H,11-12,17H2. The van der Waals surface area contributed by atoms with Crippen LogP contribution in [0.15, 0.2) is 61.1 Å². The summed E-state index contributed by atoms with van der Waals surface area (Å²) in [6.07, 6.45) is 5.55. The fourth-order valence-corrected chi connectivity index (χ4v) is 2.22. The van der Waals surface area contributed by atoms with Crippen LogP contribution in [0, 0.1) is 0 Å². The molecule has 0 aliphatic heterocycles. The van der Waals surface area contributed by atoms with E-state index in [2.05, 4.69) is 26.7 Å². The van der Waals surface area contributed by atoms with Gasteiger partial charge >= 0.3 is 0 Å². The van der Waals surface area contributed by atoms with Crippen LogP contribution in [0.1, 0.15) is 11.1 Å². The topological polar surface area (TPSA) is 56.7 Å². The Bertz CT molecular complexity index is 688. The SMILES string of the molecule is NCc1cccc(Cn2ccnc2-c2ccccn2)c1. The number of nitrogens with zero attached hydrogens (tertiary/aromatic N) is 3. The van der Waals surface area contributed by atoms with Crippen molar-refractivity contribution in [2.75, 3.05) is 0 Å². The van der Waals surface area contributed by atoms with E-state index in [9.17, 15) is 0 Å². The molecule has 0 spiro atoms. The van der Waals surface area contributed by atoms with Crippen LogP contribution < -0.4 is 5.73 Å². The van der Waals surface area contributed by atoms with Crippen molar-refractivity contribution < 1.29 is 0 Å². The number of benzene rings is 1. The van der Waals surface area contributed by atoms with Gasteiger partial charge in [0.2, 0.25) is 0 Å². The summed E-state index contributed by atoms with van der Waals surface area (Å²) in [5.74, 6) is 0.878. The number of nitrogens with two attached hydrogens (primary N) is 1. The zero-order valence-corrected chi connectivity index (χ0v) is 11.1. The van der Waals surface area contributed by atoms with Crippen LogP contribution in [-0.4, -0.2) is 14.5 Å². The Labute approximate surface area is 117 Å². The molecule has 0 aliphatic carbocycles. The zero-order chi connectivity index (χ0) is 13.8. The van der Waals surface area contributed by atoms with E-state index in [1.54, 1.807) is 12.4 Å². The Morgan fingerprint density at radius 2 is 1.85 bits per heavy atom. The maximum absolute atomic E-state index is 5.68. The molecule has 3 aromatic rings. The molecule has 2 heterocycles. The van der Waals surface area contributed by atoms with Crippen LogP contribution in [0.25, 0.3) is 11.5 Å². The lowest BCUT2D eigenvalue weighted by molar-refractivity contribution is 0.801. The number of hydrogen-bond donors (Lipinski definition) is 1. The van der Waals surface area contributed by atoms with Crippen molar-refractivity contribution in [3.05, 3.63) is 72.2 Å². The maximum Gasteiger partial charge on any atom is 0.158 e. The monoisotopic (exact) mass is 264 g/mol. The van der Waals surface area contributed by atoms with Crippen LogP contribution in [0.4, 0.5) is 0 Å². The molecule has 100 valence electrons. The summed E-state index contributed by atoms with van der Waals surface area (Å²) in [5, 5.41) is 0. The number of aromatic nitrogens is 3. The van der Waals surface area contributed by atoms with Crippen LogP contribution in [0.5, 0.6) is 0 Å². The van der Waals surface area contributed by atoms with Crippen molar-refractivity contribution in [2.45, 2.75) is 13.1 Å². The van der Waals surface area contributed by atoms with Crippen molar-refractivity contribution in [2.24, 2.45) is 5.73 Å². The van der Waals surface area contributed by atoms with E-state index < -0.39 is 0 Å². The largest absolute Gasteiger partial charge is 0.326 e. The van der Waals surface area contributed by atoms with Gasteiger partial charge in [0.1, 0.15) is 5.69 Å². The van der Waals surface area contributed by atoms with Crippen molar-refractivity contribution in [1.29, 1.82) is 0 Å². The van der Waals surface area contributed by atoms with Crippen LogP contribution in [0.3, 0.4) is 0 Å². The van der Waals surface area contributed by atoms with Gasteiger partial charge in [-0.1, -0.05) is 30.3 Å². The Hall–Kier alpha value is -2.46. The first-order valence-electron chi connectivity index (χ1n) is 6.57. The van der Waals surface area contributed by atoms with Gasteiger partial charge in [-0.3, -0.25) is 4.98 Å². The molecular weight excluding hydrogens is 248 g/mol. The minimum Gasteiger partial charge on any atom is -0.326 e. The molecule has 1 aromatic carbocycles. The molecule has 0 amide bonds.